The Labute approximate surface area is 79.2 Å². The molecule has 0 aliphatic heterocycles. The molecular weight excluding hydrogens is 194 g/mol. The molecule has 0 aliphatic carbocycles. The third kappa shape index (κ3) is 1.83. The molecule has 0 amide bonds. The Morgan fingerprint density at radius 2 is 2.08 bits per heavy atom. The molecule has 0 heterocycles. The van der Waals surface area contributed by atoms with Crippen LogP contribution in [-0.4, -0.2) is 15.1 Å². The van der Waals surface area contributed by atoms with Crippen LogP contribution in [0.1, 0.15) is 5.56 Å². The van der Waals surface area contributed by atoms with Crippen molar-refractivity contribution in [1.82, 2.24) is 0 Å². The highest BCUT2D eigenvalue weighted by Crippen LogP contribution is 2.36. The summed E-state index contributed by atoms with van der Waals surface area (Å²) in [5.74, 6) is -0.955. The molecule has 0 fully saturated rings. The van der Waals surface area contributed by atoms with Gasteiger partial charge in [0.05, 0.1) is 4.92 Å². The molecule has 1 rings (SSSR count). The molecule has 0 spiro atoms. The number of benzene rings is 1. The Bertz CT molecular complexity index is 353. The van der Waals surface area contributed by atoms with Crippen LogP contribution in [0.4, 0.5) is 5.69 Å². The summed E-state index contributed by atoms with van der Waals surface area (Å²) in [5, 5.41) is 28.5. The van der Waals surface area contributed by atoms with E-state index in [4.69, 9.17) is 10.2 Å². The van der Waals surface area contributed by atoms with Gasteiger partial charge >= 0.3 is 5.69 Å². The van der Waals surface area contributed by atoms with Crippen LogP contribution in [0.25, 0.3) is 0 Å². The number of phenolic OH excluding ortho intramolecular Hbond substituents is 2. The average molecular weight is 201 g/mol. The summed E-state index contributed by atoms with van der Waals surface area (Å²) in [5.41, 5.74) is -0.0330. The van der Waals surface area contributed by atoms with Gasteiger partial charge in [0.1, 0.15) is 0 Å². The lowest BCUT2D eigenvalue weighted by atomic mass is 10.2. The third-order valence-corrected chi connectivity index (χ3v) is 1.87. The van der Waals surface area contributed by atoms with E-state index in [-0.39, 0.29) is 5.75 Å². The molecule has 13 heavy (non-hydrogen) atoms. The van der Waals surface area contributed by atoms with E-state index in [2.05, 4.69) is 12.6 Å². The Hall–Kier alpha value is -1.43. The van der Waals surface area contributed by atoms with Gasteiger partial charge in [-0.3, -0.25) is 10.1 Å². The van der Waals surface area contributed by atoms with Gasteiger partial charge in [-0.15, -0.1) is 0 Å². The van der Waals surface area contributed by atoms with Crippen molar-refractivity contribution in [3.05, 3.63) is 27.8 Å². The van der Waals surface area contributed by atoms with Crippen molar-refractivity contribution in [1.29, 1.82) is 0 Å². The van der Waals surface area contributed by atoms with Crippen LogP contribution in [0.5, 0.6) is 11.5 Å². The molecule has 0 radical (unpaired) electrons. The van der Waals surface area contributed by atoms with Crippen LogP contribution in [-0.2, 0) is 5.75 Å². The number of rotatable bonds is 2. The number of hydrogen-bond donors (Lipinski definition) is 3. The zero-order valence-corrected chi connectivity index (χ0v) is 7.36. The molecule has 70 valence electrons. The van der Waals surface area contributed by atoms with Crippen LogP contribution in [0.3, 0.4) is 0 Å². The maximum Gasteiger partial charge on any atom is 0.314 e. The average Bonchev–Trinajstić information content (AvgIpc) is 2.09. The van der Waals surface area contributed by atoms with Gasteiger partial charge in [0.2, 0.25) is 5.75 Å². The molecule has 0 bridgehead atoms. The van der Waals surface area contributed by atoms with E-state index in [0.29, 0.717) is 5.56 Å². The number of aromatic hydroxyl groups is 2. The molecular formula is C7H7NO4S. The van der Waals surface area contributed by atoms with E-state index in [1.165, 1.54) is 12.1 Å². The first-order valence-corrected chi connectivity index (χ1v) is 3.99. The molecule has 2 N–H and O–H groups in total. The first-order chi connectivity index (χ1) is 6.06. The van der Waals surface area contributed by atoms with E-state index in [1.54, 1.807) is 0 Å². The van der Waals surface area contributed by atoms with Crippen molar-refractivity contribution in [2.45, 2.75) is 5.75 Å². The summed E-state index contributed by atoms with van der Waals surface area (Å²) < 4.78 is 0. The van der Waals surface area contributed by atoms with Gasteiger partial charge in [0, 0.05) is 11.8 Å². The highest BCUT2D eigenvalue weighted by molar-refractivity contribution is 7.79. The van der Waals surface area contributed by atoms with Gasteiger partial charge in [0.25, 0.3) is 0 Å². The summed E-state index contributed by atoms with van der Waals surface area (Å²) in [6.45, 7) is 0. The second-order valence-corrected chi connectivity index (χ2v) is 2.71. The lowest BCUT2D eigenvalue weighted by Crippen LogP contribution is -1.90. The van der Waals surface area contributed by atoms with Crippen molar-refractivity contribution >= 4 is 18.3 Å². The van der Waals surface area contributed by atoms with Gasteiger partial charge in [-0.25, -0.2) is 0 Å². The minimum Gasteiger partial charge on any atom is -0.504 e. The fourth-order valence-electron chi connectivity index (χ4n) is 0.891. The van der Waals surface area contributed by atoms with E-state index in [9.17, 15) is 10.1 Å². The molecule has 0 atom stereocenters. The summed E-state index contributed by atoms with van der Waals surface area (Å²) in [7, 11) is 0. The largest absolute Gasteiger partial charge is 0.504 e. The van der Waals surface area contributed by atoms with E-state index in [0.717, 1.165) is 0 Å². The van der Waals surface area contributed by atoms with E-state index >= 15 is 0 Å². The molecule has 0 aromatic heterocycles. The zero-order chi connectivity index (χ0) is 10.0. The van der Waals surface area contributed by atoms with Crippen LogP contribution in [0.2, 0.25) is 0 Å². The topological polar surface area (TPSA) is 83.6 Å². The summed E-state index contributed by atoms with van der Waals surface area (Å²) >= 11 is 3.89. The lowest BCUT2D eigenvalue weighted by Gasteiger charge is -2.01. The number of phenols is 2. The number of thiol groups is 1. The van der Waals surface area contributed by atoms with Gasteiger partial charge in [-0.1, -0.05) is 0 Å². The number of nitrogens with zero attached hydrogens (tertiary/aromatic N) is 1. The fourth-order valence-corrected chi connectivity index (χ4v) is 1.07. The minimum atomic E-state index is -0.762. The predicted octanol–water partition coefficient (Wildman–Crippen LogP) is 1.44. The van der Waals surface area contributed by atoms with Crippen molar-refractivity contribution in [2.24, 2.45) is 0 Å². The monoisotopic (exact) mass is 201 g/mol. The van der Waals surface area contributed by atoms with E-state index < -0.39 is 22.1 Å². The maximum absolute atomic E-state index is 10.4. The summed E-state index contributed by atoms with van der Waals surface area (Å²) in [4.78, 5) is 9.59. The lowest BCUT2D eigenvalue weighted by molar-refractivity contribution is -0.386. The van der Waals surface area contributed by atoms with Gasteiger partial charge < -0.3 is 10.2 Å². The smallest absolute Gasteiger partial charge is 0.314 e. The summed E-state index contributed by atoms with van der Waals surface area (Å²) in [6.07, 6.45) is 0. The van der Waals surface area contributed by atoms with Crippen molar-refractivity contribution in [2.75, 3.05) is 0 Å². The fraction of sp³-hybridized carbons (Fsp3) is 0.143. The number of hydrogen-bond acceptors (Lipinski definition) is 5. The maximum atomic E-state index is 10.4. The Kier molecular flexibility index (Phi) is 2.62. The second kappa shape index (κ2) is 3.53. The Balaban J connectivity index is 3.33. The van der Waals surface area contributed by atoms with Gasteiger partial charge in [-0.2, -0.15) is 12.6 Å². The molecule has 5 nitrogen and oxygen atoms in total. The van der Waals surface area contributed by atoms with Crippen LogP contribution >= 0.6 is 12.6 Å². The Morgan fingerprint density at radius 3 is 2.54 bits per heavy atom. The highest BCUT2D eigenvalue weighted by Gasteiger charge is 2.17. The predicted molar refractivity (Wildman–Crippen MR) is 49.1 cm³/mol. The first-order valence-electron chi connectivity index (χ1n) is 3.36. The molecule has 6 heteroatoms. The first kappa shape index (κ1) is 9.66. The quantitative estimate of drug-likeness (QED) is 0.292. The molecule has 1 aromatic carbocycles. The zero-order valence-electron chi connectivity index (χ0n) is 6.47. The molecule has 0 aliphatic rings. The molecule has 1 aromatic rings. The van der Waals surface area contributed by atoms with E-state index in [1.807, 2.05) is 0 Å². The standard InChI is InChI=1S/C7H7NO4S/c9-6-2-4(3-13)1-5(7(6)10)8(11)12/h1-2,9-10,13H,3H2. The van der Waals surface area contributed by atoms with Crippen LogP contribution in [0.15, 0.2) is 12.1 Å². The minimum absolute atomic E-state index is 0.259. The Morgan fingerprint density at radius 1 is 1.46 bits per heavy atom. The van der Waals surface area contributed by atoms with Crippen LogP contribution in [0, 0.1) is 10.1 Å². The highest BCUT2D eigenvalue weighted by atomic mass is 32.1. The van der Waals surface area contributed by atoms with Gasteiger partial charge in [-0.05, 0) is 11.6 Å². The van der Waals surface area contributed by atoms with Crippen molar-refractivity contribution in [3.63, 3.8) is 0 Å². The molecule has 0 saturated heterocycles. The normalized spacial score (nSPS) is 9.92. The molecule has 0 unspecified atom stereocenters. The van der Waals surface area contributed by atoms with Crippen molar-refractivity contribution in [3.8, 4) is 11.5 Å². The van der Waals surface area contributed by atoms with Crippen LogP contribution < -0.4 is 0 Å². The molecule has 0 saturated carbocycles. The van der Waals surface area contributed by atoms with Gasteiger partial charge in [0.15, 0.2) is 5.75 Å². The second-order valence-electron chi connectivity index (χ2n) is 2.40. The third-order valence-electron chi connectivity index (χ3n) is 1.51. The number of nitro groups is 1. The summed E-state index contributed by atoms with van der Waals surface area (Å²) in [6, 6.07) is 2.40. The SMILES string of the molecule is O=[N+]([O-])c1cc(CS)cc(O)c1O. The number of nitro benzene ring substituents is 1. The van der Waals surface area contributed by atoms with Crippen molar-refractivity contribution < 1.29 is 15.1 Å².